The first-order valence-electron chi connectivity index (χ1n) is 6.71. The third-order valence-electron chi connectivity index (χ3n) is 2.98. The number of rotatable bonds is 3. The van der Waals surface area contributed by atoms with Crippen LogP contribution in [0.2, 0.25) is 0 Å². The lowest BCUT2D eigenvalue weighted by Crippen LogP contribution is -2.19. The highest BCUT2D eigenvalue weighted by Crippen LogP contribution is 2.21. The minimum absolute atomic E-state index is 0.128. The van der Waals surface area contributed by atoms with Crippen molar-refractivity contribution in [1.82, 2.24) is 9.97 Å². The van der Waals surface area contributed by atoms with Crippen LogP contribution in [-0.4, -0.2) is 16.0 Å². The summed E-state index contributed by atoms with van der Waals surface area (Å²) in [4.78, 5) is 19.9. The first-order valence-corrected chi connectivity index (χ1v) is 6.71. The van der Waals surface area contributed by atoms with E-state index in [-0.39, 0.29) is 6.01 Å². The van der Waals surface area contributed by atoms with Crippen molar-refractivity contribution in [3.8, 4) is 11.3 Å². The van der Waals surface area contributed by atoms with Crippen molar-refractivity contribution in [2.24, 2.45) is 0 Å². The number of aromatic nitrogens is 2. The Kier molecular flexibility index (Phi) is 3.82. The molecular weight excluding hydrogens is 280 g/mol. The van der Waals surface area contributed by atoms with Gasteiger partial charge in [-0.15, -0.1) is 0 Å². The standard InChI is InChI=1S/C16H14N4O2/c1-11-4-6-13(7-5-11)19-15(21)20-16-18-10-14(22-16)12-3-2-8-17-9-12/h2-10H,1H3,(H2,18,19,20,21). The minimum atomic E-state index is -0.413. The number of carbonyl (C=O) groups excluding carboxylic acids is 1. The van der Waals surface area contributed by atoms with E-state index in [1.165, 1.54) is 0 Å². The second-order valence-corrected chi connectivity index (χ2v) is 4.72. The van der Waals surface area contributed by atoms with E-state index in [1.54, 1.807) is 24.7 Å². The zero-order chi connectivity index (χ0) is 15.4. The molecule has 0 bridgehead atoms. The molecule has 2 N–H and O–H groups in total. The van der Waals surface area contributed by atoms with Gasteiger partial charge in [-0.25, -0.2) is 9.78 Å². The number of hydrogen-bond donors (Lipinski definition) is 2. The lowest BCUT2D eigenvalue weighted by atomic mass is 10.2. The van der Waals surface area contributed by atoms with Gasteiger partial charge < -0.3 is 9.73 Å². The van der Waals surface area contributed by atoms with Crippen molar-refractivity contribution in [3.05, 3.63) is 60.6 Å². The van der Waals surface area contributed by atoms with Crippen LogP contribution in [-0.2, 0) is 0 Å². The number of urea groups is 1. The molecule has 2 heterocycles. The normalized spacial score (nSPS) is 10.2. The summed E-state index contributed by atoms with van der Waals surface area (Å²) in [5, 5.41) is 5.25. The van der Waals surface area contributed by atoms with Crippen molar-refractivity contribution < 1.29 is 9.21 Å². The van der Waals surface area contributed by atoms with Crippen molar-refractivity contribution >= 4 is 17.7 Å². The van der Waals surface area contributed by atoms with Gasteiger partial charge >= 0.3 is 12.0 Å². The van der Waals surface area contributed by atoms with Crippen LogP contribution in [0, 0.1) is 6.92 Å². The molecule has 110 valence electrons. The van der Waals surface area contributed by atoms with Gasteiger partial charge in [0.25, 0.3) is 0 Å². The smallest absolute Gasteiger partial charge is 0.327 e. The number of pyridine rings is 1. The molecule has 1 aromatic carbocycles. The van der Waals surface area contributed by atoms with E-state index in [9.17, 15) is 4.79 Å². The topological polar surface area (TPSA) is 80.0 Å². The molecular formula is C16H14N4O2. The van der Waals surface area contributed by atoms with E-state index in [1.807, 2.05) is 37.3 Å². The summed E-state index contributed by atoms with van der Waals surface area (Å²) in [6.45, 7) is 1.98. The molecule has 0 aliphatic carbocycles. The predicted octanol–water partition coefficient (Wildman–Crippen LogP) is 3.69. The summed E-state index contributed by atoms with van der Waals surface area (Å²) in [5.74, 6) is 0.540. The maximum absolute atomic E-state index is 11.9. The van der Waals surface area contributed by atoms with Gasteiger partial charge in [0, 0.05) is 23.6 Å². The van der Waals surface area contributed by atoms with Crippen LogP contribution in [0.1, 0.15) is 5.56 Å². The van der Waals surface area contributed by atoms with E-state index in [0.29, 0.717) is 11.4 Å². The van der Waals surface area contributed by atoms with Gasteiger partial charge in [-0.05, 0) is 31.2 Å². The summed E-state index contributed by atoms with van der Waals surface area (Å²) in [6, 6.07) is 10.9. The number of oxazole rings is 1. The first kappa shape index (κ1) is 13.8. The number of aryl methyl sites for hydroxylation is 1. The fraction of sp³-hybridized carbons (Fsp3) is 0.0625. The maximum Gasteiger partial charge on any atom is 0.327 e. The van der Waals surface area contributed by atoms with E-state index in [4.69, 9.17) is 4.42 Å². The molecule has 0 aliphatic heterocycles. The fourth-order valence-electron chi connectivity index (χ4n) is 1.87. The quantitative estimate of drug-likeness (QED) is 0.772. The molecule has 3 aromatic rings. The molecule has 0 spiro atoms. The Morgan fingerprint density at radius 3 is 2.64 bits per heavy atom. The molecule has 2 amide bonds. The highest BCUT2D eigenvalue weighted by atomic mass is 16.4. The van der Waals surface area contributed by atoms with Crippen molar-refractivity contribution in [3.63, 3.8) is 0 Å². The largest absolute Gasteiger partial charge is 0.423 e. The van der Waals surface area contributed by atoms with Crippen molar-refractivity contribution in [1.29, 1.82) is 0 Å². The summed E-state index contributed by atoms with van der Waals surface area (Å²) >= 11 is 0. The number of benzene rings is 1. The molecule has 22 heavy (non-hydrogen) atoms. The summed E-state index contributed by atoms with van der Waals surface area (Å²) in [6.07, 6.45) is 4.88. The number of anilines is 2. The van der Waals surface area contributed by atoms with Gasteiger partial charge in [-0.2, -0.15) is 0 Å². The Labute approximate surface area is 127 Å². The first-order chi connectivity index (χ1) is 10.7. The third-order valence-corrected chi connectivity index (χ3v) is 2.98. The van der Waals surface area contributed by atoms with E-state index >= 15 is 0 Å². The highest BCUT2D eigenvalue weighted by Gasteiger charge is 2.09. The number of nitrogens with zero attached hydrogens (tertiary/aromatic N) is 2. The highest BCUT2D eigenvalue weighted by molar-refractivity contribution is 5.98. The maximum atomic E-state index is 11.9. The van der Waals surface area contributed by atoms with E-state index in [2.05, 4.69) is 20.6 Å². The summed E-state index contributed by atoms with van der Waals surface area (Å²) < 4.78 is 5.47. The molecule has 6 nitrogen and oxygen atoms in total. The van der Waals surface area contributed by atoms with Crippen LogP contribution in [0.5, 0.6) is 0 Å². The van der Waals surface area contributed by atoms with Gasteiger partial charge in [-0.3, -0.25) is 10.3 Å². The van der Waals surface area contributed by atoms with Crippen LogP contribution in [0.25, 0.3) is 11.3 Å². The predicted molar refractivity (Wildman–Crippen MR) is 83.6 cm³/mol. The molecule has 0 saturated heterocycles. The Morgan fingerprint density at radius 2 is 1.91 bits per heavy atom. The van der Waals surface area contributed by atoms with Gasteiger partial charge in [0.1, 0.15) is 0 Å². The summed E-state index contributed by atoms with van der Waals surface area (Å²) in [5.41, 5.74) is 2.61. The molecule has 0 atom stereocenters. The average Bonchev–Trinajstić information content (AvgIpc) is 2.99. The lowest BCUT2D eigenvalue weighted by molar-refractivity contribution is 0.261. The van der Waals surface area contributed by atoms with Gasteiger partial charge in [0.15, 0.2) is 5.76 Å². The van der Waals surface area contributed by atoms with Gasteiger partial charge in [0.2, 0.25) is 0 Å². The third kappa shape index (κ3) is 3.29. The molecule has 3 rings (SSSR count). The minimum Gasteiger partial charge on any atom is -0.423 e. The Morgan fingerprint density at radius 1 is 1.09 bits per heavy atom. The second-order valence-electron chi connectivity index (χ2n) is 4.72. The van der Waals surface area contributed by atoms with E-state index in [0.717, 1.165) is 11.1 Å². The molecule has 2 aromatic heterocycles. The monoisotopic (exact) mass is 294 g/mol. The van der Waals surface area contributed by atoms with E-state index < -0.39 is 6.03 Å². The SMILES string of the molecule is Cc1ccc(NC(=O)Nc2ncc(-c3cccnc3)o2)cc1. The molecule has 0 radical (unpaired) electrons. The van der Waals surface area contributed by atoms with Crippen LogP contribution in [0.4, 0.5) is 16.5 Å². The molecule has 0 unspecified atom stereocenters. The molecule has 0 fully saturated rings. The number of amides is 2. The van der Waals surface area contributed by atoms with Crippen LogP contribution in [0.3, 0.4) is 0 Å². The van der Waals surface area contributed by atoms with Crippen molar-refractivity contribution in [2.75, 3.05) is 10.6 Å². The second kappa shape index (κ2) is 6.09. The fourth-order valence-corrected chi connectivity index (χ4v) is 1.87. The molecule has 0 aliphatic rings. The zero-order valence-corrected chi connectivity index (χ0v) is 11.9. The van der Waals surface area contributed by atoms with Crippen LogP contribution >= 0.6 is 0 Å². The van der Waals surface area contributed by atoms with Gasteiger partial charge in [0.05, 0.1) is 6.20 Å². The lowest BCUT2D eigenvalue weighted by Gasteiger charge is -2.05. The van der Waals surface area contributed by atoms with Crippen molar-refractivity contribution in [2.45, 2.75) is 6.92 Å². The number of carbonyl (C=O) groups is 1. The van der Waals surface area contributed by atoms with Crippen LogP contribution in [0.15, 0.2) is 59.4 Å². The Bertz CT molecular complexity index is 766. The zero-order valence-electron chi connectivity index (χ0n) is 11.9. The average molecular weight is 294 g/mol. The Hall–Kier alpha value is -3.15. The van der Waals surface area contributed by atoms with Crippen LogP contribution < -0.4 is 10.6 Å². The van der Waals surface area contributed by atoms with Gasteiger partial charge in [-0.1, -0.05) is 17.7 Å². The number of hydrogen-bond acceptors (Lipinski definition) is 4. The molecule has 6 heteroatoms. The Balaban J connectivity index is 1.65. The molecule has 0 saturated carbocycles. The summed E-state index contributed by atoms with van der Waals surface area (Å²) in [7, 11) is 0. The number of nitrogens with one attached hydrogen (secondary N) is 2.